The first-order valence-electron chi connectivity index (χ1n) is 25.9. The number of carbonyl (C=O) groups is 2. The molecule has 62 heavy (non-hydrogen) atoms. The van der Waals surface area contributed by atoms with Gasteiger partial charge in [-0.15, -0.1) is 0 Å². The number of carbonyl (C=O) groups excluding carboxylic acids is 2. The molecule has 0 aromatic carbocycles. The molecule has 1 aliphatic rings. The number of rotatable bonds is 44. The Hall–Kier alpha value is -1.82. The van der Waals surface area contributed by atoms with Crippen LogP contribution in [0.1, 0.15) is 239 Å². The zero-order chi connectivity index (χ0) is 45.1. The number of aliphatic hydroxyl groups is 4. The molecule has 0 aliphatic carbocycles. The SMILES string of the molecule is CCCCCC/C=C/C=C/CCCCCCCC(=O)O[C@@H](COC(=O)CCCCCCCCCCCCCCCCCCCCCCCC)CO[C@H]1O[C@@H](CO)[C@@H](O)C(O)C1O. The number of unbranched alkanes of at least 4 members (excludes halogenated alkanes) is 30. The van der Waals surface area contributed by atoms with Gasteiger partial charge in [-0.1, -0.05) is 212 Å². The molecular formula is C52H96O10. The maximum Gasteiger partial charge on any atom is 0.306 e. The molecule has 0 bridgehead atoms. The lowest BCUT2D eigenvalue weighted by Crippen LogP contribution is -2.59. The van der Waals surface area contributed by atoms with E-state index in [0.29, 0.717) is 6.42 Å². The zero-order valence-electron chi connectivity index (χ0n) is 39.9. The minimum absolute atomic E-state index is 0.215. The molecule has 10 nitrogen and oxygen atoms in total. The molecule has 10 heteroatoms. The Morgan fingerprint density at radius 2 is 0.887 bits per heavy atom. The monoisotopic (exact) mass is 881 g/mol. The van der Waals surface area contributed by atoms with E-state index in [1.807, 2.05) is 0 Å². The topological polar surface area (TPSA) is 152 Å². The fourth-order valence-corrected chi connectivity index (χ4v) is 8.00. The maximum atomic E-state index is 12.8. The van der Waals surface area contributed by atoms with Gasteiger partial charge in [0.15, 0.2) is 12.4 Å². The predicted molar refractivity (Wildman–Crippen MR) is 252 cm³/mol. The van der Waals surface area contributed by atoms with Crippen LogP contribution < -0.4 is 0 Å². The highest BCUT2D eigenvalue weighted by Gasteiger charge is 2.44. The van der Waals surface area contributed by atoms with Crippen molar-refractivity contribution < 1.29 is 49.0 Å². The third-order valence-electron chi connectivity index (χ3n) is 12.1. The van der Waals surface area contributed by atoms with Gasteiger partial charge in [0.25, 0.3) is 0 Å². The van der Waals surface area contributed by atoms with Crippen LogP contribution in [0.2, 0.25) is 0 Å². The molecule has 364 valence electrons. The van der Waals surface area contributed by atoms with Gasteiger partial charge in [0.2, 0.25) is 0 Å². The lowest BCUT2D eigenvalue weighted by Gasteiger charge is -2.39. The van der Waals surface area contributed by atoms with Crippen LogP contribution in [-0.4, -0.2) is 89.0 Å². The molecule has 0 aromatic rings. The van der Waals surface area contributed by atoms with E-state index in [-0.39, 0.29) is 32.0 Å². The first kappa shape index (κ1) is 58.2. The fourth-order valence-electron chi connectivity index (χ4n) is 8.00. The summed E-state index contributed by atoms with van der Waals surface area (Å²) in [6, 6.07) is 0. The number of esters is 2. The highest BCUT2D eigenvalue weighted by molar-refractivity contribution is 5.70. The molecule has 1 saturated heterocycles. The first-order valence-corrected chi connectivity index (χ1v) is 25.9. The number of hydrogen-bond donors (Lipinski definition) is 4. The highest BCUT2D eigenvalue weighted by Crippen LogP contribution is 2.23. The quantitative estimate of drug-likeness (QED) is 0.0264. The Balaban J connectivity index is 2.23. The summed E-state index contributed by atoms with van der Waals surface area (Å²) in [6.07, 6.45) is 41.9. The Kier molecular flexibility index (Phi) is 40.4. The zero-order valence-corrected chi connectivity index (χ0v) is 39.9. The van der Waals surface area contributed by atoms with Gasteiger partial charge in [0.05, 0.1) is 13.2 Å². The average Bonchev–Trinajstić information content (AvgIpc) is 3.27. The van der Waals surface area contributed by atoms with Crippen molar-refractivity contribution in [3.8, 4) is 0 Å². The number of aliphatic hydroxyl groups excluding tert-OH is 4. The molecule has 0 saturated carbocycles. The summed E-state index contributed by atoms with van der Waals surface area (Å²) >= 11 is 0. The molecule has 1 fully saturated rings. The molecule has 0 radical (unpaired) electrons. The van der Waals surface area contributed by atoms with Gasteiger partial charge in [0, 0.05) is 12.8 Å². The molecule has 4 N–H and O–H groups in total. The molecule has 6 atom stereocenters. The molecular weight excluding hydrogens is 785 g/mol. The molecule has 0 aromatic heterocycles. The molecule has 0 amide bonds. The van der Waals surface area contributed by atoms with E-state index >= 15 is 0 Å². The molecule has 1 heterocycles. The third kappa shape index (κ3) is 33.7. The van der Waals surface area contributed by atoms with Crippen LogP contribution in [0.5, 0.6) is 0 Å². The summed E-state index contributed by atoms with van der Waals surface area (Å²) in [6.45, 7) is 3.42. The smallest absolute Gasteiger partial charge is 0.306 e. The highest BCUT2D eigenvalue weighted by atomic mass is 16.7. The van der Waals surface area contributed by atoms with E-state index in [9.17, 15) is 30.0 Å². The normalized spacial score (nSPS) is 19.7. The van der Waals surface area contributed by atoms with Gasteiger partial charge < -0.3 is 39.4 Å². The van der Waals surface area contributed by atoms with Gasteiger partial charge >= 0.3 is 11.9 Å². The van der Waals surface area contributed by atoms with Crippen LogP contribution in [0.15, 0.2) is 24.3 Å². The van der Waals surface area contributed by atoms with E-state index in [1.54, 1.807) is 0 Å². The Morgan fingerprint density at radius 1 is 0.500 bits per heavy atom. The summed E-state index contributed by atoms with van der Waals surface area (Å²) in [5, 5.41) is 40.2. The molecule has 1 rings (SSSR count). The van der Waals surface area contributed by atoms with Crippen molar-refractivity contribution in [1.29, 1.82) is 0 Å². The summed E-state index contributed by atoms with van der Waals surface area (Å²) in [5.41, 5.74) is 0. The Labute approximate surface area is 379 Å². The van der Waals surface area contributed by atoms with E-state index in [1.165, 1.54) is 148 Å². The summed E-state index contributed by atoms with van der Waals surface area (Å²) < 4.78 is 22.2. The molecule has 2 unspecified atom stereocenters. The average molecular weight is 881 g/mol. The van der Waals surface area contributed by atoms with Crippen LogP contribution in [0.4, 0.5) is 0 Å². The largest absolute Gasteiger partial charge is 0.462 e. The minimum atomic E-state index is -1.60. The van der Waals surface area contributed by atoms with Crippen molar-refractivity contribution in [2.75, 3.05) is 19.8 Å². The second-order valence-electron chi connectivity index (χ2n) is 18.0. The van der Waals surface area contributed by atoms with Gasteiger partial charge in [0.1, 0.15) is 31.0 Å². The summed E-state index contributed by atoms with van der Waals surface area (Å²) in [4.78, 5) is 25.4. The Morgan fingerprint density at radius 3 is 1.32 bits per heavy atom. The van der Waals surface area contributed by atoms with E-state index in [0.717, 1.165) is 57.8 Å². The van der Waals surface area contributed by atoms with E-state index < -0.39 is 49.4 Å². The van der Waals surface area contributed by atoms with E-state index in [4.69, 9.17) is 18.9 Å². The van der Waals surface area contributed by atoms with Gasteiger partial charge in [-0.3, -0.25) is 9.59 Å². The second-order valence-corrected chi connectivity index (χ2v) is 18.0. The van der Waals surface area contributed by atoms with Crippen molar-refractivity contribution in [2.24, 2.45) is 0 Å². The minimum Gasteiger partial charge on any atom is -0.462 e. The van der Waals surface area contributed by atoms with Crippen molar-refractivity contribution in [3.05, 3.63) is 24.3 Å². The van der Waals surface area contributed by atoms with E-state index in [2.05, 4.69) is 38.2 Å². The van der Waals surface area contributed by atoms with Crippen LogP contribution in [0.3, 0.4) is 0 Å². The first-order chi connectivity index (χ1) is 30.3. The standard InChI is InChI=1S/C52H96O10/c1-3-5-7-9-11-13-15-17-19-20-21-22-23-24-25-27-28-30-32-34-36-38-40-47(54)59-43-45(44-60-52-51(58)50(57)49(56)46(42-53)62-52)61-48(55)41-39-37-35-33-31-29-26-18-16-14-12-10-8-6-4-2/h14,16,18,26,45-46,49-53,56-58H,3-13,15,17,19-25,27-44H2,1-2H3/b16-14+,26-18+/t45-,46-,49+,50?,51?,52-/m0/s1. The molecule has 0 spiro atoms. The number of allylic oxidation sites excluding steroid dienone is 4. The van der Waals surface area contributed by atoms with Gasteiger partial charge in [-0.2, -0.15) is 0 Å². The summed E-state index contributed by atoms with van der Waals surface area (Å²) in [5.74, 6) is -0.812. The third-order valence-corrected chi connectivity index (χ3v) is 12.1. The number of hydrogen-bond acceptors (Lipinski definition) is 10. The van der Waals surface area contributed by atoms with Gasteiger partial charge in [-0.25, -0.2) is 0 Å². The summed E-state index contributed by atoms with van der Waals surface area (Å²) in [7, 11) is 0. The van der Waals surface area contributed by atoms with Crippen LogP contribution >= 0.6 is 0 Å². The lowest BCUT2D eigenvalue weighted by molar-refractivity contribution is -0.305. The maximum absolute atomic E-state index is 12.8. The van der Waals surface area contributed by atoms with Crippen molar-refractivity contribution >= 4 is 11.9 Å². The van der Waals surface area contributed by atoms with Gasteiger partial charge in [-0.05, 0) is 38.5 Å². The van der Waals surface area contributed by atoms with Crippen LogP contribution in [0.25, 0.3) is 0 Å². The van der Waals surface area contributed by atoms with Crippen molar-refractivity contribution in [1.82, 2.24) is 0 Å². The number of ether oxygens (including phenoxy) is 4. The van der Waals surface area contributed by atoms with Crippen molar-refractivity contribution in [2.45, 2.75) is 275 Å². The second kappa shape index (κ2) is 43.1. The van der Waals surface area contributed by atoms with Crippen LogP contribution in [0, 0.1) is 0 Å². The Bertz CT molecular complexity index is 1060. The van der Waals surface area contributed by atoms with Crippen LogP contribution in [-0.2, 0) is 28.5 Å². The molecule has 1 aliphatic heterocycles. The lowest BCUT2D eigenvalue weighted by atomic mass is 9.99. The fraction of sp³-hybridized carbons (Fsp3) is 0.885. The van der Waals surface area contributed by atoms with Crippen molar-refractivity contribution in [3.63, 3.8) is 0 Å². The predicted octanol–water partition coefficient (Wildman–Crippen LogP) is 12.1.